The molecule has 18 nitrogen and oxygen atoms in total. The Balaban J connectivity index is 2.60. The van der Waals surface area contributed by atoms with E-state index >= 15 is 0 Å². The van der Waals surface area contributed by atoms with Gasteiger partial charge >= 0.3 is 11.9 Å². The summed E-state index contributed by atoms with van der Waals surface area (Å²) >= 11 is 0. The zero-order valence-electron chi connectivity index (χ0n) is 27.6. The molecule has 47 heavy (non-hydrogen) atoms. The van der Waals surface area contributed by atoms with Gasteiger partial charge in [-0.1, -0.05) is 20.3 Å². The normalized spacial score (nSPS) is 16.6. The molecule has 8 N–H and O–H groups in total. The van der Waals surface area contributed by atoms with Gasteiger partial charge in [0.2, 0.25) is 29.5 Å². The fourth-order valence-electron chi connectivity index (χ4n) is 4.76. The van der Waals surface area contributed by atoms with E-state index in [1.54, 1.807) is 9.80 Å². The molecule has 0 aromatic rings. The Kier molecular flexibility index (Phi) is 20.5. The number of nitrogens with zero attached hydrogens (tertiary/aromatic N) is 4. The minimum atomic E-state index is -1.16. The topological polar surface area (TPSA) is 247 Å². The lowest BCUT2D eigenvalue weighted by molar-refractivity contribution is -0.140. The number of carboxylic acids is 2. The van der Waals surface area contributed by atoms with Gasteiger partial charge in [-0.3, -0.25) is 48.3 Å². The van der Waals surface area contributed by atoms with Crippen molar-refractivity contribution in [1.29, 1.82) is 0 Å². The van der Waals surface area contributed by atoms with Crippen LogP contribution in [0, 0.1) is 0 Å². The number of amides is 5. The van der Waals surface area contributed by atoms with Crippen LogP contribution in [0.4, 0.5) is 0 Å². The number of rotatable bonds is 19. The molecule has 1 aliphatic heterocycles. The summed E-state index contributed by atoms with van der Waals surface area (Å²) in [6.07, 6.45) is 1.08. The summed E-state index contributed by atoms with van der Waals surface area (Å²) in [6, 6.07) is -1.16. The summed E-state index contributed by atoms with van der Waals surface area (Å²) in [5.41, 5.74) is 5.19. The van der Waals surface area contributed by atoms with E-state index in [4.69, 9.17) is 5.73 Å². The van der Waals surface area contributed by atoms with E-state index < -0.39 is 48.2 Å². The van der Waals surface area contributed by atoms with Crippen LogP contribution in [0.1, 0.15) is 39.5 Å². The van der Waals surface area contributed by atoms with Crippen LogP contribution < -0.4 is 27.0 Å². The molecule has 1 unspecified atom stereocenters. The Morgan fingerprint density at radius 3 is 1.64 bits per heavy atom. The molecule has 0 aromatic heterocycles. The minimum absolute atomic E-state index is 0.00982. The Morgan fingerprint density at radius 2 is 1.17 bits per heavy atom. The van der Waals surface area contributed by atoms with Crippen molar-refractivity contribution < 1.29 is 43.8 Å². The highest BCUT2D eigenvalue weighted by Gasteiger charge is 2.23. The molecule has 1 atom stereocenters. The van der Waals surface area contributed by atoms with Gasteiger partial charge in [0.25, 0.3) is 0 Å². The summed E-state index contributed by atoms with van der Waals surface area (Å²) < 4.78 is 0. The second kappa shape index (κ2) is 23.4. The summed E-state index contributed by atoms with van der Waals surface area (Å²) in [5.74, 6) is -4.77. The highest BCUT2D eigenvalue weighted by atomic mass is 16.4. The molecule has 1 fully saturated rings. The zero-order valence-corrected chi connectivity index (χ0v) is 27.6. The lowest BCUT2D eigenvalue weighted by atomic mass is 10.1. The first-order chi connectivity index (χ1) is 22.3. The SMILES string of the molecule is CCCCNC(=O)C(CC(N)=O)NC(=O)CNC(=O)CCNC(=O)CN1CCN(CC)CCN(CC(=O)O)CCN(CC(=O)O)CC1. The van der Waals surface area contributed by atoms with Gasteiger partial charge in [0.05, 0.1) is 32.6 Å². The van der Waals surface area contributed by atoms with Gasteiger partial charge in [0.1, 0.15) is 6.04 Å². The van der Waals surface area contributed by atoms with Gasteiger partial charge in [-0.05, 0) is 13.0 Å². The molecule has 0 radical (unpaired) electrons. The number of aliphatic carboxylic acids is 2. The van der Waals surface area contributed by atoms with Crippen molar-refractivity contribution >= 4 is 41.5 Å². The molecule has 1 saturated heterocycles. The monoisotopic (exact) mass is 671 g/mol. The van der Waals surface area contributed by atoms with Crippen molar-refractivity contribution in [2.24, 2.45) is 5.73 Å². The number of unbranched alkanes of at least 4 members (excludes halogenated alkanes) is 1. The van der Waals surface area contributed by atoms with Crippen molar-refractivity contribution in [2.75, 3.05) is 98.2 Å². The van der Waals surface area contributed by atoms with Crippen LogP contribution in [0.2, 0.25) is 0 Å². The molecule has 0 bridgehead atoms. The third-order valence-electron chi connectivity index (χ3n) is 7.47. The predicted octanol–water partition coefficient (Wildman–Crippen LogP) is -3.70. The first-order valence-electron chi connectivity index (χ1n) is 16.0. The number of carbonyl (C=O) groups excluding carboxylic acids is 5. The zero-order chi connectivity index (χ0) is 35.2. The second-order valence-corrected chi connectivity index (χ2v) is 11.4. The maximum Gasteiger partial charge on any atom is 0.317 e. The lowest BCUT2D eigenvalue weighted by Gasteiger charge is -2.33. The first kappa shape index (κ1) is 41.2. The van der Waals surface area contributed by atoms with Crippen molar-refractivity contribution in [1.82, 2.24) is 40.9 Å². The Morgan fingerprint density at radius 1 is 0.660 bits per heavy atom. The smallest absolute Gasteiger partial charge is 0.317 e. The number of likely N-dealkylation sites (N-methyl/N-ethyl adjacent to an activating group) is 1. The van der Waals surface area contributed by atoms with Crippen LogP contribution in [0.25, 0.3) is 0 Å². The largest absolute Gasteiger partial charge is 0.480 e. The predicted molar refractivity (Wildman–Crippen MR) is 171 cm³/mol. The fourth-order valence-corrected chi connectivity index (χ4v) is 4.76. The van der Waals surface area contributed by atoms with E-state index in [-0.39, 0.29) is 44.9 Å². The van der Waals surface area contributed by atoms with Gasteiger partial charge in [0.15, 0.2) is 0 Å². The summed E-state index contributed by atoms with van der Waals surface area (Å²) in [4.78, 5) is 91.3. The molecule has 5 amide bonds. The van der Waals surface area contributed by atoms with E-state index in [0.717, 1.165) is 19.4 Å². The van der Waals surface area contributed by atoms with Crippen molar-refractivity contribution in [2.45, 2.75) is 45.6 Å². The number of nitrogens with one attached hydrogen (secondary N) is 4. The number of hydrogen-bond donors (Lipinski definition) is 7. The average molecular weight is 672 g/mol. The van der Waals surface area contributed by atoms with Crippen LogP contribution in [0.5, 0.6) is 0 Å². The van der Waals surface area contributed by atoms with Crippen molar-refractivity contribution in [3.05, 3.63) is 0 Å². The number of carbonyl (C=O) groups is 7. The summed E-state index contributed by atoms with van der Waals surface area (Å²) in [6.45, 7) is 8.09. The van der Waals surface area contributed by atoms with Crippen LogP contribution >= 0.6 is 0 Å². The second-order valence-electron chi connectivity index (χ2n) is 11.4. The van der Waals surface area contributed by atoms with E-state index in [1.807, 2.05) is 18.7 Å². The fraction of sp³-hybridized carbons (Fsp3) is 0.759. The van der Waals surface area contributed by atoms with Crippen LogP contribution in [-0.4, -0.2) is 176 Å². The molecule has 1 heterocycles. The molecule has 0 spiro atoms. The number of primary amides is 1. The van der Waals surface area contributed by atoms with E-state index in [9.17, 15) is 43.8 Å². The molecule has 1 aliphatic rings. The average Bonchev–Trinajstić information content (AvgIpc) is 2.99. The molecule has 1 rings (SSSR count). The third-order valence-corrected chi connectivity index (χ3v) is 7.47. The quantitative estimate of drug-likeness (QED) is 0.0655. The van der Waals surface area contributed by atoms with Gasteiger partial charge in [0, 0.05) is 71.9 Å². The van der Waals surface area contributed by atoms with Gasteiger partial charge < -0.3 is 42.1 Å². The van der Waals surface area contributed by atoms with Crippen LogP contribution in [-0.2, 0) is 33.6 Å². The molecular formula is C29H53N9O9. The number of hydrogen-bond acceptors (Lipinski definition) is 11. The highest BCUT2D eigenvalue weighted by Crippen LogP contribution is 2.01. The minimum Gasteiger partial charge on any atom is -0.480 e. The van der Waals surface area contributed by atoms with Crippen LogP contribution in [0.3, 0.4) is 0 Å². The number of carboxylic acid groups (broad SMARTS) is 2. The lowest BCUT2D eigenvalue weighted by Crippen LogP contribution is -2.51. The molecule has 0 aliphatic carbocycles. The van der Waals surface area contributed by atoms with Crippen molar-refractivity contribution in [3.63, 3.8) is 0 Å². The number of nitrogens with two attached hydrogens (primary N) is 1. The Bertz CT molecular complexity index is 1050. The first-order valence-corrected chi connectivity index (χ1v) is 16.0. The van der Waals surface area contributed by atoms with Crippen LogP contribution in [0.15, 0.2) is 0 Å². The molecule has 18 heteroatoms. The van der Waals surface area contributed by atoms with E-state index in [2.05, 4.69) is 26.2 Å². The van der Waals surface area contributed by atoms with E-state index in [1.165, 1.54) is 0 Å². The Labute approximate surface area is 275 Å². The summed E-state index contributed by atoms with van der Waals surface area (Å²) in [5, 5.41) is 28.8. The highest BCUT2D eigenvalue weighted by molar-refractivity contribution is 5.93. The Hall–Kier alpha value is -3.87. The maximum atomic E-state index is 12.7. The maximum absolute atomic E-state index is 12.7. The molecule has 0 saturated carbocycles. The third kappa shape index (κ3) is 20.1. The van der Waals surface area contributed by atoms with Crippen molar-refractivity contribution in [3.8, 4) is 0 Å². The molecule has 0 aromatic carbocycles. The van der Waals surface area contributed by atoms with Gasteiger partial charge in [-0.25, -0.2) is 0 Å². The van der Waals surface area contributed by atoms with Gasteiger partial charge in [-0.15, -0.1) is 0 Å². The molecule has 268 valence electrons. The standard InChI is InChI=1S/C29H53N9O9/c1-3-5-7-32-29(47)22(17-23(30)39)34-25(41)18-33-24(40)6-8-31-26(42)19-36-11-9-35(4-2)10-12-37(20-27(43)44)15-16-38(14-13-36)21-28(45)46/h22H,3-21H2,1-2H3,(H2,30,39)(H,31,42)(H,32,47)(H,33,40)(H,34,41)(H,43,44)(H,45,46). The van der Waals surface area contributed by atoms with Gasteiger partial charge in [-0.2, -0.15) is 0 Å². The summed E-state index contributed by atoms with van der Waals surface area (Å²) in [7, 11) is 0. The van der Waals surface area contributed by atoms with E-state index in [0.29, 0.717) is 58.9 Å². The molecular weight excluding hydrogens is 618 g/mol.